The maximum absolute atomic E-state index is 12.6. The Bertz CT molecular complexity index is 818. The third kappa shape index (κ3) is 6.69. The van der Waals surface area contributed by atoms with Crippen molar-refractivity contribution >= 4 is 17.3 Å². The predicted molar refractivity (Wildman–Crippen MR) is 107 cm³/mol. The number of thiazole rings is 1. The Morgan fingerprint density at radius 3 is 2.62 bits per heavy atom. The summed E-state index contributed by atoms with van der Waals surface area (Å²) in [5, 5.41) is 7.56. The second-order valence-corrected chi connectivity index (χ2v) is 7.55. The third-order valence-corrected chi connectivity index (χ3v) is 5.28. The minimum absolute atomic E-state index is 0.178. The van der Waals surface area contributed by atoms with Gasteiger partial charge in [-0.25, -0.2) is 4.98 Å². The molecule has 1 fully saturated rings. The first kappa shape index (κ1) is 21.5. The summed E-state index contributed by atoms with van der Waals surface area (Å²) in [6.45, 7) is 5.03. The Balaban J connectivity index is 1.49. The fraction of sp³-hybridized carbons (Fsp3) is 0.474. The number of nitrogens with zero attached hydrogens (tertiary/aromatic N) is 3. The number of guanidine groups is 1. The van der Waals surface area contributed by atoms with Crippen LogP contribution in [-0.2, 0) is 30.5 Å². The molecule has 2 N–H and O–H groups in total. The van der Waals surface area contributed by atoms with E-state index in [9.17, 15) is 13.2 Å². The maximum atomic E-state index is 12.6. The largest absolute Gasteiger partial charge is 0.434 e. The maximum Gasteiger partial charge on any atom is 0.434 e. The smallest absolute Gasteiger partial charge is 0.379 e. The van der Waals surface area contributed by atoms with E-state index in [0.717, 1.165) is 55.1 Å². The highest BCUT2D eigenvalue weighted by Crippen LogP contribution is 2.29. The average Bonchev–Trinajstić information content (AvgIpc) is 3.19. The molecule has 1 aromatic carbocycles. The van der Waals surface area contributed by atoms with E-state index in [4.69, 9.17) is 4.74 Å². The Kier molecular flexibility index (Phi) is 7.45. The summed E-state index contributed by atoms with van der Waals surface area (Å²) in [5.41, 5.74) is 1.48. The lowest BCUT2D eigenvalue weighted by Crippen LogP contribution is -2.36. The van der Waals surface area contributed by atoms with Crippen molar-refractivity contribution in [3.8, 4) is 0 Å². The summed E-state index contributed by atoms with van der Waals surface area (Å²) in [6, 6.07) is 8.30. The summed E-state index contributed by atoms with van der Waals surface area (Å²) in [6.07, 6.45) is -4.42. The molecule has 2 aromatic rings. The molecule has 1 aliphatic heterocycles. The zero-order valence-corrected chi connectivity index (χ0v) is 16.9. The Morgan fingerprint density at radius 2 is 1.93 bits per heavy atom. The number of ether oxygens (including phenoxy) is 1. The highest BCUT2D eigenvalue weighted by atomic mass is 32.1. The zero-order chi connectivity index (χ0) is 20.7. The van der Waals surface area contributed by atoms with Gasteiger partial charge in [-0.1, -0.05) is 24.3 Å². The fourth-order valence-electron chi connectivity index (χ4n) is 2.94. The average molecular weight is 427 g/mol. The fourth-order valence-corrected chi connectivity index (χ4v) is 3.68. The van der Waals surface area contributed by atoms with Gasteiger partial charge >= 0.3 is 6.18 Å². The van der Waals surface area contributed by atoms with Crippen LogP contribution in [-0.4, -0.2) is 49.2 Å². The molecule has 158 valence electrons. The minimum Gasteiger partial charge on any atom is -0.379 e. The lowest BCUT2D eigenvalue weighted by atomic mass is 10.1. The quantitative estimate of drug-likeness (QED) is 0.548. The van der Waals surface area contributed by atoms with E-state index < -0.39 is 11.9 Å². The normalized spacial score (nSPS) is 16.1. The number of nitrogens with one attached hydrogen (secondary N) is 2. The van der Waals surface area contributed by atoms with Crippen molar-refractivity contribution in [1.29, 1.82) is 0 Å². The van der Waals surface area contributed by atoms with Gasteiger partial charge in [0.2, 0.25) is 0 Å². The Hall–Kier alpha value is -2.17. The number of rotatable bonds is 6. The van der Waals surface area contributed by atoms with Crippen LogP contribution in [0, 0.1) is 0 Å². The van der Waals surface area contributed by atoms with E-state index in [-0.39, 0.29) is 6.54 Å². The van der Waals surface area contributed by atoms with Crippen LogP contribution >= 0.6 is 11.3 Å². The molecule has 0 atom stereocenters. The van der Waals surface area contributed by atoms with Crippen LogP contribution in [0.1, 0.15) is 21.8 Å². The van der Waals surface area contributed by atoms with Gasteiger partial charge in [-0.2, -0.15) is 13.2 Å². The molecular weight excluding hydrogens is 403 g/mol. The number of halogens is 3. The summed E-state index contributed by atoms with van der Waals surface area (Å²) < 4.78 is 43.3. The van der Waals surface area contributed by atoms with Crippen LogP contribution < -0.4 is 10.6 Å². The Labute approximate surface area is 171 Å². The summed E-state index contributed by atoms with van der Waals surface area (Å²) in [5.74, 6) is 0.507. The van der Waals surface area contributed by atoms with Crippen LogP contribution in [0.3, 0.4) is 0 Å². The molecule has 0 unspecified atom stereocenters. The van der Waals surface area contributed by atoms with Gasteiger partial charge in [0.15, 0.2) is 11.7 Å². The van der Waals surface area contributed by atoms with Gasteiger partial charge in [0.05, 0.1) is 19.8 Å². The summed E-state index contributed by atoms with van der Waals surface area (Å²) >= 11 is 0.972. The number of hydrogen-bond acceptors (Lipinski definition) is 5. The lowest BCUT2D eigenvalue weighted by molar-refractivity contribution is -0.140. The van der Waals surface area contributed by atoms with E-state index in [1.807, 2.05) is 12.1 Å². The molecule has 0 spiro atoms. The highest BCUT2D eigenvalue weighted by molar-refractivity contribution is 7.09. The summed E-state index contributed by atoms with van der Waals surface area (Å²) in [7, 11) is 1.62. The first-order valence-electron chi connectivity index (χ1n) is 9.28. The molecule has 10 heteroatoms. The summed E-state index contributed by atoms with van der Waals surface area (Å²) in [4.78, 5) is 10.1. The van der Waals surface area contributed by atoms with E-state index in [1.54, 1.807) is 7.05 Å². The van der Waals surface area contributed by atoms with Crippen LogP contribution in [0.2, 0.25) is 0 Å². The molecule has 29 heavy (non-hydrogen) atoms. The van der Waals surface area contributed by atoms with Crippen molar-refractivity contribution in [2.75, 3.05) is 33.4 Å². The van der Waals surface area contributed by atoms with Gasteiger partial charge in [-0.05, 0) is 11.1 Å². The van der Waals surface area contributed by atoms with E-state index in [2.05, 4.69) is 37.6 Å². The molecule has 0 aliphatic carbocycles. The van der Waals surface area contributed by atoms with Crippen LogP contribution in [0.15, 0.2) is 34.6 Å². The number of hydrogen-bond donors (Lipinski definition) is 2. The van der Waals surface area contributed by atoms with Gasteiger partial charge in [-0.3, -0.25) is 9.89 Å². The van der Waals surface area contributed by atoms with Gasteiger partial charge in [-0.15, -0.1) is 11.3 Å². The predicted octanol–water partition coefficient (Wildman–Crippen LogP) is 2.86. The van der Waals surface area contributed by atoms with Crippen molar-refractivity contribution in [2.24, 2.45) is 4.99 Å². The van der Waals surface area contributed by atoms with E-state index in [0.29, 0.717) is 17.5 Å². The zero-order valence-electron chi connectivity index (χ0n) is 16.1. The van der Waals surface area contributed by atoms with Crippen LogP contribution in [0.4, 0.5) is 13.2 Å². The first-order chi connectivity index (χ1) is 13.9. The van der Waals surface area contributed by atoms with Crippen LogP contribution in [0.5, 0.6) is 0 Å². The minimum atomic E-state index is -4.42. The topological polar surface area (TPSA) is 61.8 Å². The second kappa shape index (κ2) is 10.0. The number of aromatic nitrogens is 1. The molecule has 0 saturated carbocycles. The number of morpholine rings is 1. The number of alkyl halides is 3. The van der Waals surface area contributed by atoms with Crippen LogP contribution in [0.25, 0.3) is 0 Å². The molecular formula is C19H24F3N5OS. The van der Waals surface area contributed by atoms with Crippen molar-refractivity contribution in [3.63, 3.8) is 0 Å². The monoisotopic (exact) mass is 427 g/mol. The molecule has 0 amide bonds. The highest BCUT2D eigenvalue weighted by Gasteiger charge is 2.33. The molecule has 0 radical (unpaired) electrons. The molecule has 0 bridgehead atoms. The molecule has 2 heterocycles. The number of aliphatic imine (C=N–C) groups is 1. The SMILES string of the molecule is CN=C(NCc1cccc(CN2CCOCC2)c1)NCc1nc(C(F)(F)F)cs1. The molecule has 6 nitrogen and oxygen atoms in total. The van der Waals surface area contributed by atoms with E-state index in [1.165, 1.54) is 5.56 Å². The van der Waals surface area contributed by atoms with Gasteiger partial charge in [0.25, 0.3) is 0 Å². The molecule has 1 aromatic heterocycles. The van der Waals surface area contributed by atoms with E-state index >= 15 is 0 Å². The third-order valence-electron chi connectivity index (χ3n) is 4.43. The standard InChI is InChI=1S/C19H24F3N5OS/c1-23-18(25-11-17-26-16(13-29-17)19(20,21)22)24-10-14-3-2-4-15(9-14)12-27-5-7-28-8-6-27/h2-4,9,13H,5-8,10-12H2,1H3,(H2,23,24,25). The molecule has 3 rings (SSSR count). The van der Waals surface area contributed by atoms with Gasteiger partial charge in [0, 0.05) is 38.6 Å². The molecule has 1 aliphatic rings. The van der Waals surface area contributed by atoms with Gasteiger partial charge < -0.3 is 15.4 Å². The van der Waals surface area contributed by atoms with Crippen molar-refractivity contribution in [2.45, 2.75) is 25.8 Å². The van der Waals surface area contributed by atoms with Crippen molar-refractivity contribution < 1.29 is 17.9 Å². The number of benzene rings is 1. The Morgan fingerprint density at radius 1 is 1.21 bits per heavy atom. The van der Waals surface area contributed by atoms with Gasteiger partial charge in [0.1, 0.15) is 5.01 Å². The first-order valence-corrected chi connectivity index (χ1v) is 10.2. The van der Waals surface area contributed by atoms with Crippen molar-refractivity contribution in [3.05, 3.63) is 51.5 Å². The van der Waals surface area contributed by atoms with Crippen molar-refractivity contribution in [1.82, 2.24) is 20.5 Å². The second-order valence-electron chi connectivity index (χ2n) is 6.61. The molecule has 1 saturated heterocycles. The lowest BCUT2D eigenvalue weighted by Gasteiger charge is -2.26.